The average Bonchev–Trinajstić information content (AvgIpc) is 2.73. The van der Waals surface area contributed by atoms with Crippen molar-refractivity contribution in [2.24, 2.45) is 0 Å². The maximum absolute atomic E-state index is 11.1. The SMILES string of the molecule is C#CC(OC1=CC(=O)CC1)=C1CCCCC1. The van der Waals surface area contributed by atoms with Gasteiger partial charge in [-0.05, 0) is 37.2 Å². The van der Waals surface area contributed by atoms with Crippen molar-refractivity contribution >= 4 is 5.78 Å². The number of rotatable bonds is 2. The molecule has 0 heterocycles. The molecule has 0 radical (unpaired) electrons. The van der Waals surface area contributed by atoms with E-state index in [2.05, 4.69) is 5.92 Å². The first-order valence-corrected chi connectivity index (χ1v) is 5.89. The number of carbonyl (C=O) groups excluding carboxylic acids is 1. The topological polar surface area (TPSA) is 26.3 Å². The van der Waals surface area contributed by atoms with E-state index in [1.807, 2.05) is 0 Å². The molecule has 0 atom stereocenters. The fourth-order valence-electron chi connectivity index (χ4n) is 2.19. The van der Waals surface area contributed by atoms with Crippen LogP contribution in [-0.2, 0) is 9.53 Å². The zero-order chi connectivity index (χ0) is 11.4. The van der Waals surface area contributed by atoms with Crippen LogP contribution in [0.4, 0.5) is 0 Å². The normalized spacial score (nSPS) is 20.3. The molecule has 0 aliphatic heterocycles. The molecule has 2 heteroatoms. The van der Waals surface area contributed by atoms with Crippen molar-refractivity contribution < 1.29 is 9.53 Å². The van der Waals surface area contributed by atoms with E-state index in [1.165, 1.54) is 24.8 Å². The predicted molar refractivity (Wildman–Crippen MR) is 62.4 cm³/mol. The number of hydrogen-bond donors (Lipinski definition) is 0. The van der Waals surface area contributed by atoms with Crippen molar-refractivity contribution in [3.05, 3.63) is 23.2 Å². The molecule has 2 nitrogen and oxygen atoms in total. The minimum absolute atomic E-state index is 0.139. The Hall–Kier alpha value is -1.49. The van der Waals surface area contributed by atoms with Crippen molar-refractivity contribution in [3.8, 4) is 12.3 Å². The largest absolute Gasteiger partial charge is 0.453 e. The summed E-state index contributed by atoms with van der Waals surface area (Å²) in [7, 11) is 0. The lowest BCUT2D eigenvalue weighted by molar-refractivity contribution is -0.114. The first-order valence-electron chi connectivity index (χ1n) is 5.89. The van der Waals surface area contributed by atoms with Crippen molar-refractivity contribution in [1.29, 1.82) is 0 Å². The Bertz CT molecular complexity index is 385. The highest BCUT2D eigenvalue weighted by atomic mass is 16.5. The lowest BCUT2D eigenvalue weighted by Gasteiger charge is -2.16. The minimum Gasteiger partial charge on any atom is -0.453 e. The van der Waals surface area contributed by atoms with Crippen LogP contribution in [0.15, 0.2) is 23.2 Å². The van der Waals surface area contributed by atoms with Gasteiger partial charge < -0.3 is 4.74 Å². The van der Waals surface area contributed by atoms with Crippen LogP contribution in [0.25, 0.3) is 0 Å². The van der Waals surface area contributed by atoms with Gasteiger partial charge in [0.15, 0.2) is 11.5 Å². The molecule has 0 aromatic rings. The van der Waals surface area contributed by atoms with Crippen LogP contribution in [0.1, 0.15) is 44.9 Å². The molecule has 0 spiro atoms. The number of allylic oxidation sites excluding steroid dienone is 4. The van der Waals surface area contributed by atoms with Gasteiger partial charge in [-0.25, -0.2) is 0 Å². The van der Waals surface area contributed by atoms with Gasteiger partial charge in [-0.2, -0.15) is 0 Å². The summed E-state index contributed by atoms with van der Waals surface area (Å²) in [5.41, 5.74) is 1.24. The Kier molecular flexibility index (Phi) is 3.46. The number of terminal acetylenes is 1. The average molecular weight is 216 g/mol. The molecule has 0 aromatic carbocycles. The summed E-state index contributed by atoms with van der Waals surface area (Å²) in [6.07, 6.45) is 14.0. The molecular weight excluding hydrogens is 200 g/mol. The van der Waals surface area contributed by atoms with Gasteiger partial charge in [-0.3, -0.25) is 4.79 Å². The molecule has 0 aromatic heterocycles. The molecule has 1 saturated carbocycles. The van der Waals surface area contributed by atoms with E-state index in [-0.39, 0.29) is 5.78 Å². The molecule has 0 N–H and O–H groups in total. The number of carbonyl (C=O) groups is 1. The molecule has 1 fully saturated rings. The van der Waals surface area contributed by atoms with Gasteiger partial charge >= 0.3 is 0 Å². The third-order valence-corrected chi connectivity index (χ3v) is 3.08. The fraction of sp³-hybridized carbons (Fsp3) is 0.500. The highest BCUT2D eigenvalue weighted by Gasteiger charge is 2.17. The molecular formula is C14H16O2. The third-order valence-electron chi connectivity index (χ3n) is 3.08. The summed E-state index contributed by atoms with van der Waals surface area (Å²) in [5.74, 6) is 4.14. The van der Waals surface area contributed by atoms with E-state index in [0.717, 1.165) is 18.6 Å². The maximum Gasteiger partial charge on any atom is 0.175 e. The predicted octanol–water partition coefficient (Wildman–Crippen LogP) is 3.10. The van der Waals surface area contributed by atoms with Crippen molar-refractivity contribution in [3.63, 3.8) is 0 Å². The molecule has 2 rings (SSSR count). The molecule has 0 unspecified atom stereocenters. The van der Waals surface area contributed by atoms with Crippen LogP contribution < -0.4 is 0 Å². The number of ketones is 1. The third kappa shape index (κ3) is 2.55. The zero-order valence-electron chi connectivity index (χ0n) is 9.42. The second-order valence-corrected chi connectivity index (χ2v) is 4.32. The molecule has 0 amide bonds. The van der Waals surface area contributed by atoms with Crippen LogP contribution in [0.3, 0.4) is 0 Å². The second-order valence-electron chi connectivity index (χ2n) is 4.32. The van der Waals surface area contributed by atoms with Crippen LogP contribution in [0.5, 0.6) is 0 Å². The highest BCUT2D eigenvalue weighted by Crippen LogP contribution is 2.28. The van der Waals surface area contributed by atoms with Crippen LogP contribution in [-0.4, -0.2) is 5.78 Å². The van der Waals surface area contributed by atoms with Gasteiger partial charge in [0.2, 0.25) is 0 Å². The highest BCUT2D eigenvalue weighted by molar-refractivity contribution is 5.92. The van der Waals surface area contributed by atoms with Gasteiger partial charge in [0.25, 0.3) is 0 Å². The summed E-state index contributed by atoms with van der Waals surface area (Å²) >= 11 is 0. The smallest absolute Gasteiger partial charge is 0.175 e. The van der Waals surface area contributed by atoms with Crippen LogP contribution in [0, 0.1) is 12.3 Å². The zero-order valence-corrected chi connectivity index (χ0v) is 9.42. The minimum atomic E-state index is 0.139. The second kappa shape index (κ2) is 5.03. The Morgan fingerprint density at radius 1 is 1.19 bits per heavy atom. The molecule has 2 aliphatic carbocycles. The van der Waals surface area contributed by atoms with Gasteiger partial charge in [-0.15, -0.1) is 6.42 Å². The summed E-state index contributed by atoms with van der Waals surface area (Å²) in [4.78, 5) is 11.1. The maximum atomic E-state index is 11.1. The molecule has 84 valence electrons. The van der Waals surface area contributed by atoms with Crippen LogP contribution in [0.2, 0.25) is 0 Å². The first kappa shape index (κ1) is 11.0. The summed E-state index contributed by atoms with van der Waals surface area (Å²) in [5, 5.41) is 0. The van der Waals surface area contributed by atoms with Gasteiger partial charge in [-0.1, -0.05) is 6.42 Å². The summed E-state index contributed by atoms with van der Waals surface area (Å²) < 4.78 is 5.65. The van der Waals surface area contributed by atoms with E-state index in [0.29, 0.717) is 18.6 Å². The summed E-state index contributed by atoms with van der Waals surface area (Å²) in [6, 6.07) is 0. The van der Waals surface area contributed by atoms with Crippen molar-refractivity contribution in [1.82, 2.24) is 0 Å². The molecule has 0 saturated heterocycles. The monoisotopic (exact) mass is 216 g/mol. The quantitative estimate of drug-likeness (QED) is 0.523. The molecule has 0 bridgehead atoms. The van der Waals surface area contributed by atoms with Crippen molar-refractivity contribution in [2.45, 2.75) is 44.9 Å². The fourth-order valence-corrected chi connectivity index (χ4v) is 2.19. The standard InChI is InChI=1S/C14H16O2/c1-2-14(11-6-4-3-5-7-11)16-13-9-8-12(15)10-13/h1,10H,3-9H2. The van der Waals surface area contributed by atoms with E-state index in [4.69, 9.17) is 11.2 Å². The van der Waals surface area contributed by atoms with Crippen molar-refractivity contribution in [2.75, 3.05) is 0 Å². The molecule has 16 heavy (non-hydrogen) atoms. The van der Waals surface area contributed by atoms with E-state index < -0.39 is 0 Å². The lowest BCUT2D eigenvalue weighted by atomic mass is 9.94. The van der Waals surface area contributed by atoms with Gasteiger partial charge in [0.1, 0.15) is 5.76 Å². The Balaban J connectivity index is 2.08. The van der Waals surface area contributed by atoms with E-state index in [1.54, 1.807) is 6.08 Å². The molecule has 2 aliphatic rings. The number of hydrogen-bond acceptors (Lipinski definition) is 2. The Labute approximate surface area is 96.4 Å². The lowest BCUT2D eigenvalue weighted by Crippen LogP contribution is -2.00. The van der Waals surface area contributed by atoms with Gasteiger partial charge in [0.05, 0.1) is 0 Å². The van der Waals surface area contributed by atoms with E-state index >= 15 is 0 Å². The Morgan fingerprint density at radius 2 is 1.94 bits per heavy atom. The Morgan fingerprint density at radius 3 is 2.50 bits per heavy atom. The van der Waals surface area contributed by atoms with E-state index in [9.17, 15) is 4.79 Å². The van der Waals surface area contributed by atoms with Crippen LogP contribution >= 0.6 is 0 Å². The van der Waals surface area contributed by atoms with Gasteiger partial charge in [0, 0.05) is 18.9 Å². The first-order chi connectivity index (χ1) is 7.79. The number of ether oxygens (including phenoxy) is 1. The summed E-state index contributed by atoms with van der Waals surface area (Å²) in [6.45, 7) is 0.